The van der Waals surface area contributed by atoms with Crippen LogP contribution in [0.1, 0.15) is 34.1 Å². The number of carbonyl (C=O) groups is 1. The van der Waals surface area contributed by atoms with Crippen molar-refractivity contribution in [2.75, 3.05) is 19.6 Å². The fraction of sp³-hybridized carbons (Fsp3) is 0.909. The minimum absolute atomic E-state index is 0.0511. The molecule has 0 bridgehead atoms. The molecule has 1 amide bonds. The molecular formula is C11H22N2O2. The highest BCUT2D eigenvalue weighted by Gasteiger charge is 2.30. The predicted octanol–water partition coefficient (Wildman–Crippen LogP) is 0.0360. The van der Waals surface area contributed by atoms with E-state index in [1.165, 1.54) is 6.92 Å². The lowest BCUT2D eigenvalue weighted by molar-refractivity contribution is -0.791. The number of hydrogen-bond donors (Lipinski definition) is 1. The summed E-state index contributed by atoms with van der Waals surface area (Å²) in [5, 5.41) is 11.3. The van der Waals surface area contributed by atoms with E-state index in [0.717, 1.165) is 26.1 Å². The molecule has 0 aliphatic carbocycles. The van der Waals surface area contributed by atoms with Gasteiger partial charge in [-0.2, -0.15) is 0 Å². The summed E-state index contributed by atoms with van der Waals surface area (Å²) in [5.41, 5.74) is 0.258. The van der Waals surface area contributed by atoms with Gasteiger partial charge in [-0.15, -0.1) is 0 Å². The first-order valence-electron chi connectivity index (χ1n) is 5.57. The lowest BCUT2D eigenvalue weighted by atomic mass is 9.96. The topological polar surface area (TPSA) is 47.8 Å². The number of nitrogens with zero attached hydrogens (tertiary/aromatic N) is 1. The van der Waals surface area contributed by atoms with Crippen LogP contribution in [0, 0.1) is 10.6 Å². The number of amides is 1. The number of carbonyl (C=O) groups excluding carboxylic acids is 1. The zero-order valence-corrected chi connectivity index (χ0v) is 10.2. The van der Waals surface area contributed by atoms with Crippen molar-refractivity contribution in [3.8, 4) is 0 Å². The first-order chi connectivity index (χ1) is 6.79. The lowest BCUT2D eigenvalue weighted by Crippen LogP contribution is -3.13. The second kappa shape index (κ2) is 4.60. The van der Waals surface area contributed by atoms with E-state index in [-0.39, 0.29) is 22.4 Å². The Kier molecular flexibility index (Phi) is 3.87. The molecule has 1 rings (SSSR count). The van der Waals surface area contributed by atoms with Gasteiger partial charge in [-0.25, -0.2) is 4.79 Å². The second-order valence-electron chi connectivity index (χ2n) is 5.70. The summed E-state index contributed by atoms with van der Waals surface area (Å²) < 4.78 is 0. The lowest BCUT2D eigenvalue weighted by Gasteiger charge is -2.28. The Hall–Kier alpha value is -0.450. The largest absolute Gasteiger partial charge is 0.627 e. The molecule has 1 fully saturated rings. The van der Waals surface area contributed by atoms with Gasteiger partial charge in [0.15, 0.2) is 0 Å². The van der Waals surface area contributed by atoms with Crippen LogP contribution in [0.2, 0.25) is 0 Å². The molecule has 0 radical (unpaired) electrons. The van der Waals surface area contributed by atoms with E-state index < -0.39 is 0 Å². The first-order valence-corrected chi connectivity index (χ1v) is 5.57. The summed E-state index contributed by atoms with van der Waals surface area (Å²) in [6.07, 6.45) is 0.842. The average molecular weight is 214 g/mol. The van der Waals surface area contributed by atoms with Crippen LogP contribution in [0.4, 0.5) is 0 Å². The molecular weight excluding hydrogens is 192 g/mol. The van der Waals surface area contributed by atoms with Crippen LogP contribution in [-0.2, 0) is 4.79 Å². The standard InChI is InChI=1S/C11H22N2O2/c1-9(14)13(15)10-5-6-12(7-10)8-11(2,3)4/h10,13H,5-8H2,1-4H3/t10-/m0/s1. The Morgan fingerprint density at radius 1 is 1.53 bits per heavy atom. The van der Waals surface area contributed by atoms with E-state index in [0.29, 0.717) is 0 Å². The van der Waals surface area contributed by atoms with Crippen LogP contribution in [0.3, 0.4) is 0 Å². The maximum absolute atomic E-state index is 11.5. The number of rotatable bonds is 2. The normalized spacial score (nSPS) is 25.5. The van der Waals surface area contributed by atoms with Gasteiger partial charge in [-0.3, -0.25) is 4.90 Å². The SMILES string of the molecule is CC(=O)[NH+]([O-])[C@H]1CCN(CC(C)(C)C)C1. The summed E-state index contributed by atoms with van der Waals surface area (Å²) in [6, 6.07) is -0.0511. The number of hydrogen-bond acceptors (Lipinski definition) is 3. The maximum atomic E-state index is 11.5. The smallest absolute Gasteiger partial charge is 0.309 e. The zero-order valence-electron chi connectivity index (χ0n) is 10.2. The van der Waals surface area contributed by atoms with Crippen molar-refractivity contribution in [3.63, 3.8) is 0 Å². The molecule has 0 aromatic heterocycles. The van der Waals surface area contributed by atoms with Crippen molar-refractivity contribution in [3.05, 3.63) is 5.21 Å². The third-order valence-corrected chi connectivity index (χ3v) is 2.69. The van der Waals surface area contributed by atoms with Crippen molar-refractivity contribution >= 4 is 5.91 Å². The van der Waals surface area contributed by atoms with E-state index in [1.807, 2.05) is 0 Å². The van der Waals surface area contributed by atoms with E-state index in [2.05, 4.69) is 25.7 Å². The van der Waals surface area contributed by atoms with Crippen molar-refractivity contribution in [2.24, 2.45) is 5.41 Å². The Balaban J connectivity index is 2.42. The minimum Gasteiger partial charge on any atom is -0.627 e. The third kappa shape index (κ3) is 3.89. The molecule has 1 aliphatic rings. The van der Waals surface area contributed by atoms with E-state index in [9.17, 15) is 10.0 Å². The van der Waals surface area contributed by atoms with Gasteiger partial charge in [-0.05, 0) is 5.41 Å². The molecule has 2 atom stereocenters. The molecule has 1 heterocycles. The van der Waals surface area contributed by atoms with Gasteiger partial charge in [0, 0.05) is 19.5 Å². The Labute approximate surface area is 91.8 Å². The van der Waals surface area contributed by atoms with E-state index in [1.54, 1.807) is 0 Å². The molecule has 0 aromatic rings. The van der Waals surface area contributed by atoms with Gasteiger partial charge in [0.25, 0.3) is 0 Å². The number of quaternary nitrogens is 1. The van der Waals surface area contributed by atoms with Crippen molar-refractivity contribution in [1.29, 1.82) is 0 Å². The summed E-state index contributed by atoms with van der Waals surface area (Å²) in [6.45, 7) is 10.6. The van der Waals surface area contributed by atoms with Crippen LogP contribution in [0.25, 0.3) is 0 Å². The van der Waals surface area contributed by atoms with Crippen LogP contribution < -0.4 is 5.06 Å². The zero-order chi connectivity index (χ0) is 11.6. The minimum atomic E-state index is -0.294. The van der Waals surface area contributed by atoms with E-state index in [4.69, 9.17) is 0 Å². The molecule has 88 valence electrons. The van der Waals surface area contributed by atoms with Gasteiger partial charge in [0.1, 0.15) is 6.04 Å². The predicted molar refractivity (Wildman–Crippen MR) is 59.3 cm³/mol. The molecule has 1 saturated heterocycles. The van der Waals surface area contributed by atoms with Crippen molar-refractivity contribution < 1.29 is 9.86 Å². The fourth-order valence-electron chi connectivity index (χ4n) is 2.15. The van der Waals surface area contributed by atoms with Gasteiger partial charge < -0.3 is 10.3 Å². The van der Waals surface area contributed by atoms with Gasteiger partial charge in [0.2, 0.25) is 0 Å². The highest BCUT2D eigenvalue weighted by molar-refractivity contribution is 5.63. The highest BCUT2D eigenvalue weighted by atomic mass is 16.5. The monoisotopic (exact) mass is 214 g/mol. The van der Waals surface area contributed by atoms with Crippen LogP contribution in [-0.4, -0.2) is 36.5 Å². The Bertz CT molecular complexity index is 235. The fourth-order valence-corrected chi connectivity index (χ4v) is 2.15. The van der Waals surface area contributed by atoms with Crippen molar-refractivity contribution in [1.82, 2.24) is 4.90 Å². The number of hydroxylamine groups is 2. The highest BCUT2D eigenvalue weighted by Crippen LogP contribution is 2.18. The molecule has 1 aliphatic heterocycles. The third-order valence-electron chi connectivity index (χ3n) is 2.69. The number of nitrogens with one attached hydrogen (secondary N) is 1. The molecule has 0 aromatic carbocycles. The molecule has 1 N–H and O–H groups in total. The van der Waals surface area contributed by atoms with Gasteiger partial charge in [-0.1, -0.05) is 20.8 Å². The quantitative estimate of drug-likeness (QED) is 0.660. The summed E-state index contributed by atoms with van der Waals surface area (Å²) in [4.78, 5) is 13.2. The summed E-state index contributed by atoms with van der Waals surface area (Å²) >= 11 is 0. The molecule has 4 heteroatoms. The summed E-state index contributed by atoms with van der Waals surface area (Å²) in [5.74, 6) is -0.294. The average Bonchev–Trinajstić information content (AvgIpc) is 2.48. The molecule has 4 nitrogen and oxygen atoms in total. The Morgan fingerprint density at radius 2 is 2.13 bits per heavy atom. The summed E-state index contributed by atoms with van der Waals surface area (Å²) in [7, 11) is 0. The first kappa shape index (κ1) is 12.6. The molecule has 0 saturated carbocycles. The van der Waals surface area contributed by atoms with Crippen LogP contribution >= 0.6 is 0 Å². The Morgan fingerprint density at radius 3 is 2.60 bits per heavy atom. The van der Waals surface area contributed by atoms with Crippen molar-refractivity contribution in [2.45, 2.75) is 40.2 Å². The van der Waals surface area contributed by atoms with Crippen LogP contribution in [0.5, 0.6) is 0 Å². The molecule has 1 unspecified atom stereocenters. The van der Waals surface area contributed by atoms with E-state index >= 15 is 0 Å². The van der Waals surface area contributed by atoms with Gasteiger partial charge in [0.05, 0.1) is 13.5 Å². The molecule has 15 heavy (non-hydrogen) atoms. The van der Waals surface area contributed by atoms with Gasteiger partial charge >= 0.3 is 5.91 Å². The second-order valence-corrected chi connectivity index (χ2v) is 5.70. The number of likely N-dealkylation sites (tertiary alicyclic amines) is 1. The molecule has 0 spiro atoms. The van der Waals surface area contributed by atoms with Crippen LogP contribution in [0.15, 0.2) is 0 Å². The maximum Gasteiger partial charge on any atom is 0.309 e.